The number of benzene rings is 1. The van der Waals surface area contributed by atoms with Crippen LogP contribution in [0.2, 0.25) is 5.02 Å². The largest absolute Gasteiger partial charge is 0.466 e. The first-order chi connectivity index (χ1) is 9.43. The maximum Gasteiger partial charge on any atom is 0.306 e. The molecule has 0 heterocycles. The van der Waals surface area contributed by atoms with Crippen LogP contribution in [-0.4, -0.2) is 24.4 Å². The Morgan fingerprint density at radius 3 is 2.55 bits per heavy atom. The van der Waals surface area contributed by atoms with Gasteiger partial charge in [0.1, 0.15) is 0 Å². The molecule has 0 fully saturated rings. The number of carbonyl (C=O) groups excluding carboxylic acids is 3. The summed E-state index contributed by atoms with van der Waals surface area (Å²) in [5.41, 5.74) is 5.72. The molecule has 7 heteroatoms. The minimum Gasteiger partial charge on any atom is -0.466 e. The van der Waals surface area contributed by atoms with E-state index in [0.717, 1.165) is 0 Å². The van der Waals surface area contributed by atoms with Gasteiger partial charge in [-0.2, -0.15) is 0 Å². The Morgan fingerprint density at radius 2 is 2.00 bits per heavy atom. The predicted octanol–water partition coefficient (Wildman–Crippen LogP) is 1.72. The monoisotopic (exact) mass is 298 g/mol. The average molecular weight is 299 g/mol. The molecule has 108 valence electrons. The predicted molar refractivity (Wildman–Crippen MR) is 74.5 cm³/mol. The van der Waals surface area contributed by atoms with E-state index in [1.165, 1.54) is 18.2 Å². The molecule has 0 aliphatic rings. The summed E-state index contributed by atoms with van der Waals surface area (Å²) in [6.07, 6.45) is 0.0147. The van der Waals surface area contributed by atoms with Crippen molar-refractivity contribution in [1.29, 1.82) is 0 Å². The third-order valence-electron chi connectivity index (χ3n) is 2.38. The van der Waals surface area contributed by atoms with E-state index in [0.29, 0.717) is 5.69 Å². The number of hydrogen-bond donors (Lipinski definition) is 2. The van der Waals surface area contributed by atoms with Crippen molar-refractivity contribution in [2.75, 3.05) is 11.9 Å². The van der Waals surface area contributed by atoms with Gasteiger partial charge in [-0.1, -0.05) is 11.6 Å². The summed E-state index contributed by atoms with van der Waals surface area (Å²) in [4.78, 5) is 33.7. The number of carbonyl (C=O) groups is 3. The quantitative estimate of drug-likeness (QED) is 0.781. The molecule has 0 saturated heterocycles. The van der Waals surface area contributed by atoms with Gasteiger partial charge in [-0.05, 0) is 25.1 Å². The van der Waals surface area contributed by atoms with Crippen molar-refractivity contribution in [1.82, 2.24) is 0 Å². The summed E-state index contributed by atoms with van der Waals surface area (Å²) in [7, 11) is 0. The van der Waals surface area contributed by atoms with Gasteiger partial charge in [0.2, 0.25) is 11.8 Å². The van der Waals surface area contributed by atoms with E-state index in [2.05, 4.69) is 5.32 Å². The van der Waals surface area contributed by atoms with E-state index < -0.39 is 11.9 Å². The maximum atomic E-state index is 11.6. The number of ether oxygens (including phenoxy) is 1. The molecule has 0 unspecified atom stereocenters. The molecular formula is C13H15ClN2O4. The summed E-state index contributed by atoms with van der Waals surface area (Å²) < 4.78 is 4.71. The number of nitrogens with one attached hydrogen (secondary N) is 1. The number of halogens is 1. The fraction of sp³-hybridized carbons (Fsp3) is 0.308. The van der Waals surface area contributed by atoms with Gasteiger partial charge < -0.3 is 15.8 Å². The zero-order valence-electron chi connectivity index (χ0n) is 10.9. The second kappa shape index (κ2) is 7.49. The summed E-state index contributed by atoms with van der Waals surface area (Å²) in [6.45, 7) is 1.98. The van der Waals surface area contributed by atoms with Crippen molar-refractivity contribution in [3.8, 4) is 0 Å². The molecular weight excluding hydrogens is 284 g/mol. The molecule has 1 rings (SSSR count). The third kappa shape index (κ3) is 4.89. The van der Waals surface area contributed by atoms with Crippen molar-refractivity contribution >= 4 is 35.1 Å². The maximum absolute atomic E-state index is 11.6. The highest BCUT2D eigenvalue weighted by atomic mass is 35.5. The summed E-state index contributed by atoms with van der Waals surface area (Å²) in [5, 5.41) is 2.72. The van der Waals surface area contributed by atoms with Crippen molar-refractivity contribution in [3.63, 3.8) is 0 Å². The molecule has 3 N–H and O–H groups in total. The van der Waals surface area contributed by atoms with Gasteiger partial charge in [-0.15, -0.1) is 0 Å². The number of anilines is 1. The number of rotatable bonds is 6. The molecule has 0 aliphatic heterocycles. The Morgan fingerprint density at radius 1 is 1.30 bits per heavy atom. The van der Waals surface area contributed by atoms with Crippen LogP contribution in [0, 0.1) is 0 Å². The second-order valence-electron chi connectivity index (χ2n) is 3.91. The number of primary amides is 1. The Labute approximate surface area is 121 Å². The number of hydrogen-bond acceptors (Lipinski definition) is 4. The van der Waals surface area contributed by atoms with Crippen LogP contribution in [0.1, 0.15) is 30.1 Å². The fourth-order valence-corrected chi connectivity index (χ4v) is 1.74. The molecule has 0 aromatic heterocycles. The molecule has 1 aromatic rings. The average Bonchev–Trinajstić information content (AvgIpc) is 2.36. The molecule has 0 spiro atoms. The minimum absolute atomic E-state index is 0.00672. The van der Waals surface area contributed by atoms with E-state index >= 15 is 0 Å². The standard InChI is InChI=1S/C13H15ClN2O4/c1-2-20-12(18)6-5-11(17)16-8-3-4-9(13(15)19)10(14)7-8/h3-4,7H,2,5-6H2,1H3,(H2,15,19)(H,16,17). The highest BCUT2D eigenvalue weighted by Gasteiger charge is 2.10. The lowest BCUT2D eigenvalue weighted by Gasteiger charge is -2.07. The zero-order chi connectivity index (χ0) is 15.1. The molecule has 20 heavy (non-hydrogen) atoms. The van der Waals surface area contributed by atoms with Crippen LogP contribution in [0.4, 0.5) is 5.69 Å². The topological polar surface area (TPSA) is 98.5 Å². The normalized spacial score (nSPS) is 9.90. The summed E-state index contributed by atoms with van der Waals surface area (Å²) in [6, 6.07) is 4.35. The Hall–Kier alpha value is -2.08. The first-order valence-electron chi connectivity index (χ1n) is 5.99. The lowest BCUT2D eigenvalue weighted by Crippen LogP contribution is -2.15. The van der Waals surface area contributed by atoms with Crippen LogP contribution >= 0.6 is 11.6 Å². The van der Waals surface area contributed by atoms with Crippen molar-refractivity contribution in [2.24, 2.45) is 5.73 Å². The minimum atomic E-state index is -0.643. The van der Waals surface area contributed by atoms with Gasteiger partial charge in [0.15, 0.2) is 0 Å². The van der Waals surface area contributed by atoms with Crippen LogP contribution in [0.5, 0.6) is 0 Å². The first-order valence-corrected chi connectivity index (χ1v) is 6.36. The molecule has 0 bridgehead atoms. The van der Waals surface area contributed by atoms with E-state index in [1.54, 1.807) is 6.92 Å². The van der Waals surface area contributed by atoms with Gasteiger partial charge in [0, 0.05) is 12.1 Å². The van der Waals surface area contributed by atoms with Crippen LogP contribution in [-0.2, 0) is 14.3 Å². The van der Waals surface area contributed by atoms with E-state index in [1.807, 2.05) is 0 Å². The zero-order valence-corrected chi connectivity index (χ0v) is 11.7. The first kappa shape index (κ1) is 16.0. The van der Waals surface area contributed by atoms with Gasteiger partial charge >= 0.3 is 5.97 Å². The molecule has 0 saturated carbocycles. The van der Waals surface area contributed by atoms with Crippen LogP contribution in [0.3, 0.4) is 0 Å². The number of amides is 2. The second-order valence-corrected chi connectivity index (χ2v) is 4.32. The van der Waals surface area contributed by atoms with Crippen LogP contribution in [0.15, 0.2) is 18.2 Å². The van der Waals surface area contributed by atoms with E-state index in [9.17, 15) is 14.4 Å². The number of nitrogens with two attached hydrogens (primary N) is 1. The Bertz CT molecular complexity index is 531. The van der Waals surface area contributed by atoms with E-state index in [-0.39, 0.29) is 35.9 Å². The third-order valence-corrected chi connectivity index (χ3v) is 2.69. The molecule has 0 aliphatic carbocycles. The molecule has 0 radical (unpaired) electrons. The molecule has 1 aromatic carbocycles. The van der Waals surface area contributed by atoms with Crippen LogP contribution < -0.4 is 11.1 Å². The van der Waals surface area contributed by atoms with Gasteiger partial charge in [0.05, 0.1) is 23.6 Å². The number of esters is 1. The highest BCUT2D eigenvalue weighted by Crippen LogP contribution is 2.20. The fourth-order valence-electron chi connectivity index (χ4n) is 1.46. The van der Waals surface area contributed by atoms with Crippen molar-refractivity contribution < 1.29 is 19.1 Å². The summed E-state index contributed by atoms with van der Waals surface area (Å²) in [5.74, 6) is -1.42. The lowest BCUT2D eigenvalue weighted by molar-refractivity contribution is -0.144. The van der Waals surface area contributed by atoms with Gasteiger partial charge in [-0.3, -0.25) is 14.4 Å². The molecule has 0 atom stereocenters. The van der Waals surface area contributed by atoms with Gasteiger partial charge in [0.25, 0.3) is 0 Å². The molecule has 2 amide bonds. The van der Waals surface area contributed by atoms with Crippen molar-refractivity contribution in [3.05, 3.63) is 28.8 Å². The van der Waals surface area contributed by atoms with Gasteiger partial charge in [-0.25, -0.2) is 0 Å². The Kier molecular flexibility index (Phi) is 5.99. The SMILES string of the molecule is CCOC(=O)CCC(=O)Nc1ccc(C(N)=O)c(Cl)c1. The van der Waals surface area contributed by atoms with Crippen LogP contribution in [0.25, 0.3) is 0 Å². The Balaban J connectivity index is 2.56. The molecule has 6 nitrogen and oxygen atoms in total. The smallest absolute Gasteiger partial charge is 0.306 e. The van der Waals surface area contributed by atoms with E-state index in [4.69, 9.17) is 22.1 Å². The highest BCUT2D eigenvalue weighted by molar-refractivity contribution is 6.34. The summed E-state index contributed by atoms with van der Waals surface area (Å²) >= 11 is 5.85. The van der Waals surface area contributed by atoms with Crippen molar-refractivity contribution in [2.45, 2.75) is 19.8 Å². The lowest BCUT2D eigenvalue weighted by atomic mass is 10.2.